The van der Waals surface area contributed by atoms with Gasteiger partial charge in [-0.1, -0.05) is 42.5 Å². The number of imide groups is 2. The average Bonchev–Trinajstić information content (AvgIpc) is 3.69. The van der Waals surface area contributed by atoms with Gasteiger partial charge in [0.25, 0.3) is 11.8 Å². The summed E-state index contributed by atoms with van der Waals surface area (Å²) in [4.78, 5) is 64.6. The minimum absolute atomic E-state index is 0.0106. The van der Waals surface area contributed by atoms with Gasteiger partial charge in [0.2, 0.25) is 17.7 Å². The minimum Gasteiger partial charge on any atom is -0.402 e. The second kappa shape index (κ2) is 9.13. The molecule has 6 atom stereocenters. The van der Waals surface area contributed by atoms with E-state index in [0.29, 0.717) is 5.56 Å². The molecule has 0 aromatic heterocycles. The predicted octanol–water partition coefficient (Wildman–Crippen LogP) is 0.539. The summed E-state index contributed by atoms with van der Waals surface area (Å²) in [6.45, 7) is 0.0796. The summed E-state index contributed by atoms with van der Waals surface area (Å²) in [5.74, 6) is -2.24. The van der Waals surface area contributed by atoms with E-state index in [0.717, 1.165) is 23.2 Å². The number of carbonyl (C=O) groups excluding carboxylic acids is 5. The summed E-state index contributed by atoms with van der Waals surface area (Å²) in [5.41, 5.74) is 1.87. The molecule has 2 aliphatic carbocycles. The van der Waals surface area contributed by atoms with Gasteiger partial charge < -0.3 is 14.6 Å². The summed E-state index contributed by atoms with van der Waals surface area (Å²) >= 11 is 0. The first kappa shape index (κ1) is 24.2. The largest absolute Gasteiger partial charge is 0.494 e. The number of hydrogen-bond acceptors (Lipinski definition) is 7. The van der Waals surface area contributed by atoms with Crippen molar-refractivity contribution < 1.29 is 33.3 Å². The quantitative estimate of drug-likeness (QED) is 0.429. The highest BCUT2D eigenvalue weighted by Crippen LogP contribution is 2.53. The predicted molar refractivity (Wildman–Crippen MR) is 136 cm³/mol. The topological polar surface area (TPSA) is 131 Å². The highest BCUT2D eigenvalue weighted by molar-refractivity contribution is 6.61. The maximum atomic E-state index is 13.3. The number of fused-ring (bicyclic) bond motifs is 6. The van der Waals surface area contributed by atoms with Crippen molar-refractivity contribution in [3.63, 3.8) is 0 Å². The Balaban J connectivity index is 1.03. The summed E-state index contributed by atoms with van der Waals surface area (Å²) in [6.07, 6.45) is 1.60. The zero-order valence-corrected chi connectivity index (χ0v) is 21.0. The zero-order valence-electron chi connectivity index (χ0n) is 21.0. The number of benzene rings is 2. The first-order chi connectivity index (χ1) is 18.9. The van der Waals surface area contributed by atoms with Crippen molar-refractivity contribution in [1.29, 1.82) is 0 Å². The van der Waals surface area contributed by atoms with Crippen molar-refractivity contribution in [3.05, 3.63) is 65.2 Å². The second-order valence-electron chi connectivity index (χ2n) is 11.0. The van der Waals surface area contributed by atoms with E-state index < -0.39 is 36.8 Å². The van der Waals surface area contributed by atoms with Gasteiger partial charge in [0, 0.05) is 18.9 Å². The number of carbonyl (C=O) groups is 5. The van der Waals surface area contributed by atoms with Crippen LogP contribution in [0.25, 0.3) is 0 Å². The van der Waals surface area contributed by atoms with Crippen LogP contribution in [-0.2, 0) is 30.2 Å². The molecular weight excluding hydrogens is 501 g/mol. The maximum Gasteiger partial charge on any atom is 0.494 e. The third-order valence-electron chi connectivity index (χ3n) is 8.84. The molecule has 5 amide bonds. The van der Waals surface area contributed by atoms with E-state index in [1.807, 2.05) is 30.3 Å². The molecule has 5 aliphatic rings. The normalized spacial score (nSPS) is 31.0. The second-order valence-corrected chi connectivity index (χ2v) is 11.0. The standard InChI is InChI=1S/C28H26BN3O7/c33-21-10-9-20(26(35)31-21)32-27(36)17-8-4-5-14(22(17)28(32)37)13-30-25(34)19-12-15-11-18(19)24-23(15)38-29(39-24)16-6-2-1-3-7-16/h1-8,15,18-20,23-24H,9-13H2,(H,30,34)(H,31,33,35)/t15-,18+,19?,20?,23-,24?/m0/s1. The van der Waals surface area contributed by atoms with Crippen LogP contribution in [0.4, 0.5) is 0 Å². The van der Waals surface area contributed by atoms with Crippen molar-refractivity contribution in [1.82, 2.24) is 15.5 Å². The van der Waals surface area contributed by atoms with Gasteiger partial charge in [-0.15, -0.1) is 0 Å². The van der Waals surface area contributed by atoms with Gasteiger partial charge in [-0.25, -0.2) is 0 Å². The molecular formula is C28H26BN3O7. The third-order valence-corrected chi connectivity index (χ3v) is 8.84. The van der Waals surface area contributed by atoms with E-state index in [4.69, 9.17) is 9.31 Å². The Labute approximate surface area is 224 Å². The smallest absolute Gasteiger partial charge is 0.402 e. The van der Waals surface area contributed by atoms with Gasteiger partial charge in [-0.05, 0) is 48.2 Å². The molecule has 7 rings (SSSR count). The van der Waals surface area contributed by atoms with Crippen LogP contribution in [-0.4, -0.2) is 59.8 Å². The Bertz CT molecular complexity index is 1420. The Kier molecular flexibility index (Phi) is 5.67. The van der Waals surface area contributed by atoms with E-state index in [9.17, 15) is 24.0 Å². The Morgan fingerprint density at radius 3 is 2.56 bits per heavy atom. The lowest BCUT2D eigenvalue weighted by Crippen LogP contribution is -2.54. The molecule has 3 unspecified atom stereocenters. The molecule has 0 spiro atoms. The van der Waals surface area contributed by atoms with Crippen molar-refractivity contribution in [2.45, 2.75) is 50.5 Å². The number of hydrogen-bond donors (Lipinski definition) is 2. The highest BCUT2D eigenvalue weighted by Gasteiger charge is 2.60. The summed E-state index contributed by atoms with van der Waals surface area (Å²) in [7, 11) is -0.420. The molecule has 2 saturated heterocycles. The van der Waals surface area contributed by atoms with Crippen LogP contribution in [0.3, 0.4) is 0 Å². The van der Waals surface area contributed by atoms with Gasteiger partial charge in [0.1, 0.15) is 6.04 Å². The van der Waals surface area contributed by atoms with Crippen LogP contribution in [0.5, 0.6) is 0 Å². The lowest BCUT2D eigenvalue weighted by atomic mass is 9.79. The number of piperidine rings is 1. The number of nitrogens with one attached hydrogen (secondary N) is 2. The van der Waals surface area contributed by atoms with Gasteiger partial charge in [0.05, 0.1) is 23.3 Å². The van der Waals surface area contributed by atoms with E-state index >= 15 is 0 Å². The molecule has 3 aliphatic heterocycles. The van der Waals surface area contributed by atoms with Gasteiger partial charge in [-0.3, -0.25) is 34.2 Å². The fraction of sp³-hybridized carbons (Fsp3) is 0.393. The third kappa shape index (κ3) is 3.82. The molecule has 4 fully saturated rings. The number of amides is 5. The van der Waals surface area contributed by atoms with E-state index in [1.54, 1.807) is 18.2 Å². The number of rotatable bonds is 5. The fourth-order valence-corrected chi connectivity index (χ4v) is 7.05. The minimum atomic E-state index is -1.03. The van der Waals surface area contributed by atoms with Crippen LogP contribution >= 0.6 is 0 Å². The van der Waals surface area contributed by atoms with E-state index in [-0.39, 0.29) is 66.4 Å². The molecule has 3 heterocycles. The van der Waals surface area contributed by atoms with Crippen LogP contribution in [0.15, 0.2) is 48.5 Å². The number of nitrogens with zero attached hydrogens (tertiary/aromatic N) is 1. The maximum absolute atomic E-state index is 13.3. The van der Waals surface area contributed by atoms with E-state index in [2.05, 4.69) is 10.6 Å². The molecule has 0 radical (unpaired) electrons. The summed E-state index contributed by atoms with van der Waals surface area (Å²) < 4.78 is 12.5. The Morgan fingerprint density at radius 2 is 1.77 bits per heavy atom. The van der Waals surface area contributed by atoms with Gasteiger partial charge in [-0.2, -0.15) is 0 Å². The van der Waals surface area contributed by atoms with Crippen LogP contribution < -0.4 is 16.1 Å². The molecule has 39 heavy (non-hydrogen) atoms. The lowest BCUT2D eigenvalue weighted by molar-refractivity contribution is -0.136. The van der Waals surface area contributed by atoms with Crippen LogP contribution in [0.2, 0.25) is 0 Å². The molecule has 2 aromatic carbocycles. The van der Waals surface area contributed by atoms with Crippen LogP contribution in [0, 0.1) is 17.8 Å². The summed E-state index contributed by atoms with van der Waals surface area (Å²) in [6, 6.07) is 13.7. The first-order valence-corrected chi connectivity index (χ1v) is 13.4. The van der Waals surface area contributed by atoms with Crippen molar-refractivity contribution >= 4 is 42.1 Å². The molecule has 198 valence electrons. The van der Waals surface area contributed by atoms with Gasteiger partial charge >= 0.3 is 7.12 Å². The van der Waals surface area contributed by atoms with Crippen molar-refractivity contribution in [2.24, 2.45) is 17.8 Å². The monoisotopic (exact) mass is 527 g/mol. The molecule has 2 N–H and O–H groups in total. The fourth-order valence-electron chi connectivity index (χ4n) is 7.05. The molecule has 11 heteroatoms. The zero-order chi connectivity index (χ0) is 26.8. The summed E-state index contributed by atoms with van der Waals surface area (Å²) in [5, 5.41) is 5.18. The lowest BCUT2D eigenvalue weighted by Gasteiger charge is -2.29. The Morgan fingerprint density at radius 1 is 0.974 bits per heavy atom. The first-order valence-electron chi connectivity index (χ1n) is 13.4. The van der Waals surface area contributed by atoms with E-state index in [1.165, 1.54) is 0 Å². The Hall–Kier alpha value is -3.83. The highest BCUT2D eigenvalue weighted by atomic mass is 16.7. The molecule has 10 nitrogen and oxygen atoms in total. The van der Waals surface area contributed by atoms with Crippen molar-refractivity contribution in [3.8, 4) is 0 Å². The molecule has 2 bridgehead atoms. The van der Waals surface area contributed by atoms with Crippen molar-refractivity contribution in [2.75, 3.05) is 0 Å². The van der Waals surface area contributed by atoms with Gasteiger partial charge in [0.15, 0.2) is 0 Å². The van der Waals surface area contributed by atoms with Crippen LogP contribution in [0.1, 0.15) is 52.0 Å². The molecule has 2 saturated carbocycles. The average molecular weight is 527 g/mol. The SMILES string of the molecule is O=C1CCC(N2C(=O)c3cccc(CNC(=O)C4C[C@@H]5C[C@H]4C4OB(c6ccccc6)O[C@H]45)c3C2=O)C(=O)N1. The molecule has 2 aromatic rings.